The molecule has 1 aliphatic rings. The summed E-state index contributed by atoms with van der Waals surface area (Å²) in [5.74, 6) is 1.30. The highest BCUT2D eigenvalue weighted by Gasteiger charge is 2.20. The SMILES string of the molecule is O=C(COc1ccccc1Cl)Nc1cccc(N2CCn3c(nc4ccccc43)C2)c1. The van der Waals surface area contributed by atoms with Gasteiger partial charge in [-0.05, 0) is 42.5 Å². The van der Waals surface area contributed by atoms with E-state index in [4.69, 9.17) is 21.3 Å². The second kappa shape index (κ2) is 8.32. The number of benzene rings is 3. The van der Waals surface area contributed by atoms with E-state index in [2.05, 4.69) is 20.9 Å². The lowest BCUT2D eigenvalue weighted by atomic mass is 10.2. The van der Waals surface area contributed by atoms with E-state index >= 15 is 0 Å². The van der Waals surface area contributed by atoms with Gasteiger partial charge in [0.15, 0.2) is 6.61 Å². The van der Waals surface area contributed by atoms with Gasteiger partial charge < -0.3 is 19.5 Å². The van der Waals surface area contributed by atoms with E-state index < -0.39 is 0 Å². The first kappa shape index (κ1) is 19.5. The lowest BCUT2D eigenvalue weighted by Crippen LogP contribution is -2.33. The van der Waals surface area contributed by atoms with Crippen LogP contribution in [0.5, 0.6) is 5.75 Å². The Bertz CT molecular complexity index is 1250. The molecule has 0 aliphatic carbocycles. The zero-order valence-corrected chi connectivity index (χ0v) is 17.5. The molecule has 0 bridgehead atoms. The monoisotopic (exact) mass is 432 g/mol. The van der Waals surface area contributed by atoms with Crippen LogP contribution in [0.25, 0.3) is 11.0 Å². The molecule has 7 heteroatoms. The number of halogens is 1. The maximum Gasteiger partial charge on any atom is 0.262 e. The number of aromatic nitrogens is 2. The van der Waals surface area contributed by atoms with Gasteiger partial charge in [-0.15, -0.1) is 0 Å². The van der Waals surface area contributed by atoms with Crippen molar-refractivity contribution >= 4 is 39.9 Å². The van der Waals surface area contributed by atoms with E-state index in [1.807, 2.05) is 54.6 Å². The maximum absolute atomic E-state index is 12.3. The molecule has 0 spiro atoms. The molecule has 1 aromatic heterocycles. The van der Waals surface area contributed by atoms with Crippen molar-refractivity contribution in [2.75, 3.05) is 23.4 Å². The molecule has 1 N–H and O–H groups in total. The van der Waals surface area contributed by atoms with Gasteiger partial charge >= 0.3 is 0 Å². The molecule has 0 fully saturated rings. The third kappa shape index (κ3) is 4.07. The first-order valence-electron chi connectivity index (χ1n) is 10.1. The van der Waals surface area contributed by atoms with Crippen LogP contribution in [0.1, 0.15) is 5.82 Å². The molecule has 0 atom stereocenters. The third-order valence-corrected chi connectivity index (χ3v) is 5.66. The lowest BCUT2D eigenvalue weighted by molar-refractivity contribution is -0.118. The molecule has 0 saturated carbocycles. The van der Waals surface area contributed by atoms with Crippen molar-refractivity contribution in [2.45, 2.75) is 13.1 Å². The standard InChI is InChI=1S/C24H21ClN4O2/c25-19-8-1-4-11-22(19)31-16-24(30)26-17-6-5-7-18(14-17)28-12-13-29-21-10-3-2-9-20(21)27-23(29)15-28/h1-11,14H,12-13,15-16H2,(H,26,30). The molecule has 6 nitrogen and oxygen atoms in total. The number of carbonyl (C=O) groups is 1. The van der Waals surface area contributed by atoms with Crippen molar-refractivity contribution in [3.8, 4) is 5.75 Å². The number of rotatable bonds is 5. The summed E-state index contributed by atoms with van der Waals surface area (Å²) in [4.78, 5) is 19.4. The molecule has 0 radical (unpaired) electrons. The van der Waals surface area contributed by atoms with Gasteiger partial charge in [-0.3, -0.25) is 4.79 Å². The first-order valence-corrected chi connectivity index (χ1v) is 10.5. The maximum atomic E-state index is 12.3. The number of carbonyl (C=O) groups excluding carboxylic acids is 1. The van der Waals surface area contributed by atoms with Crippen LogP contribution >= 0.6 is 11.6 Å². The van der Waals surface area contributed by atoms with Crippen molar-refractivity contribution < 1.29 is 9.53 Å². The summed E-state index contributed by atoms with van der Waals surface area (Å²) in [7, 11) is 0. The van der Waals surface area contributed by atoms with Crippen molar-refractivity contribution in [3.63, 3.8) is 0 Å². The number of fused-ring (bicyclic) bond motifs is 3. The zero-order valence-electron chi connectivity index (χ0n) is 16.8. The molecule has 0 saturated heterocycles. The zero-order chi connectivity index (χ0) is 21.2. The Morgan fingerprint density at radius 3 is 2.77 bits per heavy atom. The fourth-order valence-electron chi connectivity index (χ4n) is 3.87. The molecule has 2 heterocycles. The van der Waals surface area contributed by atoms with Gasteiger partial charge in [0.05, 0.1) is 22.6 Å². The Morgan fingerprint density at radius 1 is 1.03 bits per heavy atom. The number of nitrogens with one attached hydrogen (secondary N) is 1. The van der Waals surface area contributed by atoms with Gasteiger partial charge in [0.1, 0.15) is 11.6 Å². The van der Waals surface area contributed by atoms with Crippen molar-refractivity contribution in [3.05, 3.63) is 83.6 Å². The summed E-state index contributed by atoms with van der Waals surface area (Å²) in [5, 5.41) is 3.38. The molecule has 1 amide bonds. The normalized spacial score (nSPS) is 13.1. The summed E-state index contributed by atoms with van der Waals surface area (Å²) < 4.78 is 7.80. The highest BCUT2D eigenvalue weighted by molar-refractivity contribution is 6.32. The second-order valence-electron chi connectivity index (χ2n) is 7.41. The summed E-state index contributed by atoms with van der Waals surface area (Å²) >= 11 is 6.07. The number of anilines is 2. The van der Waals surface area contributed by atoms with Crippen LogP contribution in [0.4, 0.5) is 11.4 Å². The first-order chi connectivity index (χ1) is 15.2. The van der Waals surface area contributed by atoms with Crippen LogP contribution in [-0.2, 0) is 17.9 Å². The second-order valence-corrected chi connectivity index (χ2v) is 7.81. The van der Waals surface area contributed by atoms with E-state index in [0.29, 0.717) is 10.8 Å². The number of hydrogen-bond acceptors (Lipinski definition) is 4. The molecule has 4 aromatic rings. The van der Waals surface area contributed by atoms with Gasteiger partial charge in [0.2, 0.25) is 0 Å². The predicted molar refractivity (Wildman–Crippen MR) is 123 cm³/mol. The average molecular weight is 433 g/mol. The number of nitrogens with zero attached hydrogens (tertiary/aromatic N) is 3. The third-order valence-electron chi connectivity index (χ3n) is 5.35. The minimum absolute atomic E-state index is 0.109. The quantitative estimate of drug-likeness (QED) is 0.495. The van der Waals surface area contributed by atoms with Crippen molar-refractivity contribution in [2.24, 2.45) is 0 Å². The number of ether oxygens (including phenoxy) is 1. The van der Waals surface area contributed by atoms with Gasteiger partial charge in [-0.1, -0.05) is 41.9 Å². The molecule has 3 aromatic carbocycles. The van der Waals surface area contributed by atoms with Crippen LogP contribution in [0.2, 0.25) is 5.02 Å². The lowest BCUT2D eigenvalue weighted by Gasteiger charge is -2.30. The summed E-state index contributed by atoms with van der Waals surface area (Å²) in [6.07, 6.45) is 0. The van der Waals surface area contributed by atoms with Gasteiger partial charge in [0.25, 0.3) is 5.91 Å². The van der Waals surface area contributed by atoms with E-state index in [-0.39, 0.29) is 12.5 Å². The van der Waals surface area contributed by atoms with Crippen LogP contribution in [0.15, 0.2) is 72.8 Å². The van der Waals surface area contributed by atoms with E-state index in [9.17, 15) is 4.79 Å². The molecular formula is C24H21ClN4O2. The fraction of sp³-hybridized carbons (Fsp3) is 0.167. The highest BCUT2D eigenvalue weighted by Crippen LogP contribution is 2.27. The largest absolute Gasteiger partial charge is 0.482 e. The number of amides is 1. The highest BCUT2D eigenvalue weighted by atomic mass is 35.5. The molecule has 1 aliphatic heterocycles. The Balaban J connectivity index is 1.26. The molecule has 5 rings (SSSR count). The number of imidazole rings is 1. The summed E-state index contributed by atoms with van der Waals surface area (Å²) in [6.45, 7) is 2.36. The summed E-state index contributed by atoms with van der Waals surface area (Å²) in [6, 6.07) is 23.2. The Labute approximate surface area is 185 Å². The van der Waals surface area contributed by atoms with Gasteiger partial charge in [0, 0.05) is 24.5 Å². The average Bonchev–Trinajstić information content (AvgIpc) is 3.16. The van der Waals surface area contributed by atoms with E-state index in [0.717, 1.165) is 42.4 Å². The molecule has 31 heavy (non-hydrogen) atoms. The van der Waals surface area contributed by atoms with Crippen LogP contribution in [-0.4, -0.2) is 28.6 Å². The van der Waals surface area contributed by atoms with Gasteiger partial charge in [-0.2, -0.15) is 0 Å². The molecule has 0 unspecified atom stereocenters. The molecule has 156 valence electrons. The minimum Gasteiger partial charge on any atom is -0.482 e. The van der Waals surface area contributed by atoms with Crippen LogP contribution in [0.3, 0.4) is 0 Å². The fourth-order valence-corrected chi connectivity index (χ4v) is 4.06. The van der Waals surface area contributed by atoms with Crippen molar-refractivity contribution in [1.82, 2.24) is 9.55 Å². The Morgan fingerprint density at radius 2 is 1.87 bits per heavy atom. The van der Waals surface area contributed by atoms with E-state index in [1.54, 1.807) is 12.1 Å². The number of hydrogen-bond donors (Lipinski definition) is 1. The number of para-hydroxylation sites is 3. The van der Waals surface area contributed by atoms with Gasteiger partial charge in [-0.25, -0.2) is 4.98 Å². The Kier molecular flexibility index (Phi) is 5.22. The van der Waals surface area contributed by atoms with Crippen LogP contribution in [0, 0.1) is 0 Å². The smallest absolute Gasteiger partial charge is 0.262 e. The van der Waals surface area contributed by atoms with Crippen molar-refractivity contribution in [1.29, 1.82) is 0 Å². The van der Waals surface area contributed by atoms with E-state index in [1.165, 1.54) is 5.52 Å². The minimum atomic E-state index is -0.238. The Hall–Kier alpha value is -3.51. The molecular weight excluding hydrogens is 412 g/mol. The van der Waals surface area contributed by atoms with Crippen LogP contribution < -0.4 is 15.0 Å². The summed E-state index contributed by atoms with van der Waals surface area (Å²) in [5.41, 5.74) is 3.98. The predicted octanol–water partition coefficient (Wildman–Crippen LogP) is 4.73. The topological polar surface area (TPSA) is 59.4 Å².